The Morgan fingerprint density at radius 2 is 2.11 bits per heavy atom. The summed E-state index contributed by atoms with van der Waals surface area (Å²) in [6, 6.07) is 4.03. The lowest BCUT2D eigenvalue weighted by atomic mass is 9.99. The van der Waals surface area contributed by atoms with Crippen molar-refractivity contribution in [3.05, 3.63) is 23.3 Å². The van der Waals surface area contributed by atoms with E-state index in [2.05, 4.69) is 19.2 Å². The molecular weight excluding hydrogens is 230 g/mol. The Hall–Kier alpha value is -1.71. The number of hydrogen-bond acceptors (Lipinski definition) is 3. The highest BCUT2D eigenvalue weighted by Crippen LogP contribution is 2.31. The molecule has 0 bridgehead atoms. The molecule has 0 fully saturated rings. The summed E-state index contributed by atoms with van der Waals surface area (Å²) in [5.74, 6) is 0.449. The maximum absolute atomic E-state index is 10.5. The average molecular weight is 251 g/mol. The van der Waals surface area contributed by atoms with Gasteiger partial charge in [-0.05, 0) is 36.1 Å². The highest BCUT2D eigenvalue weighted by Gasteiger charge is 2.11. The summed E-state index contributed by atoms with van der Waals surface area (Å²) in [6.07, 6.45) is 0.114. The Bertz CT molecular complexity index is 427. The van der Waals surface area contributed by atoms with E-state index in [1.54, 1.807) is 7.11 Å². The molecule has 1 rings (SSSR count). The van der Waals surface area contributed by atoms with Gasteiger partial charge in [-0.1, -0.05) is 13.8 Å². The lowest BCUT2D eigenvalue weighted by Gasteiger charge is -2.17. The molecule has 0 saturated carbocycles. The van der Waals surface area contributed by atoms with E-state index in [0.29, 0.717) is 12.5 Å². The molecule has 4 heteroatoms. The number of nitrogens with one attached hydrogen (secondary N) is 1. The quantitative estimate of drug-likeness (QED) is 0.816. The lowest BCUT2D eigenvalue weighted by Crippen LogP contribution is -2.09. The Labute approximate surface area is 108 Å². The first-order chi connectivity index (χ1) is 8.45. The molecule has 1 aromatic carbocycles. The fraction of sp³-hybridized carbons (Fsp3) is 0.500. The number of rotatable bonds is 6. The number of benzene rings is 1. The molecule has 0 aliphatic heterocycles. The van der Waals surface area contributed by atoms with E-state index in [4.69, 9.17) is 9.84 Å². The van der Waals surface area contributed by atoms with E-state index in [1.807, 2.05) is 19.1 Å². The Morgan fingerprint density at radius 3 is 2.61 bits per heavy atom. The Morgan fingerprint density at radius 1 is 1.44 bits per heavy atom. The van der Waals surface area contributed by atoms with Crippen molar-refractivity contribution in [1.82, 2.24) is 0 Å². The topological polar surface area (TPSA) is 58.6 Å². The van der Waals surface area contributed by atoms with Crippen LogP contribution in [0.3, 0.4) is 0 Å². The number of carbonyl (C=O) groups is 1. The monoisotopic (exact) mass is 251 g/mol. The van der Waals surface area contributed by atoms with E-state index in [-0.39, 0.29) is 6.42 Å². The zero-order valence-corrected chi connectivity index (χ0v) is 11.4. The minimum atomic E-state index is -0.794. The Balaban J connectivity index is 2.91. The van der Waals surface area contributed by atoms with Crippen LogP contribution in [0, 0.1) is 6.92 Å². The van der Waals surface area contributed by atoms with Gasteiger partial charge in [0.05, 0.1) is 13.5 Å². The molecule has 0 aliphatic carbocycles. The standard InChI is InChI=1S/C14H21NO3/c1-9(2)11-8-12(15-6-5-14(16)17)10(3)7-13(11)18-4/h7-9,15H,5-6H2,1-4H3,(H,16,17). The van der Waals surface area contributed by atoms with E-state index >= 15 is 0 Å². The molecular formula is C14H21NO3. The van der Waals surface area contributed by atoms with Crippen molar-refractivity contribution in [2.45, 2.75) is 33.1 Å². The van der Waals surface area contributed by atoms with Gasteiger partial charge in [-0.15, -0.1) is 0 Å². The second-order valence-corrected chi connectivity index (χ2v) is 4.63. The van der Waals surface area contributed by atoms with Crippen molar-refractivity contribution >= 4 is 11.7 Å². The van der Waals surface area contributed by atoms with Crippen LogP contribution in [0.4, 0.5) is 5.69 Å². The van der Waals surface area contributed by atoms with Crippen molar-refractivity contribution in [2.24, 2.45) is 0 Å². The van der Waals surface area contributed by atoms with Gasteiger partial charge in [-0.3, -0.25) is 4.79 Å². The van der Waals surface area contributed by atoms with Gasteiger partial charge in [-0.2, -0.15) is 0 Å². The first-order valence-electron chi connectivity index (χ1n) is 6.10. The number of carboxylic acids is 1. The van der Waals surface area contributed by atoms with Crippen LogP contribution in [0.25, 0.3) is 0 Å². The number of aliphatic carboxylic acids is 1. The molecule has 0 aliphatic rings. The molecule has 1 aromatic rings. The molecule has 0 unspecified atom stereocenters. The zero-order valence-electron chi connectivity index (χ0n) is 11.4. The maximum Gasteiger partial charge on any atom is 0.305 e. The SMILES string of the molecule is COc1cc(C)c(NCCC(=O)O)cc1C(C)C. The summed E-state index contributed by atoms with van der Waals surface area (Å²) >= 11 is 0. The summed E-state index contributed by atoms with van der Waals surface area (Å²) < 4.78 is 5.36. The molecule has 0 saturated heterocycles. The number of methoxy groups -OCH3 is 1. The van der Waals surface area contributed by atoms with Gasteiger partial charge in [0.25, 0.3) is 0 Å². The molecule has 4 nitrogen and oxygen atoms in total. The molecule has 2 N–H and O–H groups in total. The van der Waals surface area contributed by atoms with Crippen LogP contribution in [0.2, 0.25) is 0 Å². The van der Waals surface area contributed by atoms with E-state index < -0.39 is 5.97 Å². The second kappa shape index (κ2) is 6.28. The van der Waals surface area contributed by atoms with Crippen molar-refractivity contribution in [1.29, 1.82) is 0 Å². The summed E-state index contributed by atoms with van der Waals surface area (Å²) in [7, 11) is 1.66. The zero-order chi connectivity index (χ0) is 13.7. The first kappa shape index (κ1) is 14.4. The highest BCUT2D eigenvalue weighted by molar-refractivity contribution is 5.68. The predicted molar refractivity (Wildman–Crippen MR) is 72.6 cm³/mol. The van der Waals surface area contributed by atoms with Crippen molar-refractivity contribution < 1.29 is 14.6 Å². The molecule has 0 aromatic heterocycles. The first-order valence-corrected chi connectivity index (χ1v) is 6.10. The fourth-order valence-electron chi connectivity index (χ4n) is 1.82. The highest BCUT2D eigenvalue weighted by atomic mass is 16.5. The smallest absolute Gasteiger partial charge is 0.305 e. The lowest BCUT2D eigenvalue weighted by molar-refractivity contribution is -0.136. The summed E-state index contributed by atoms with van der Waals surface area (Å²) in [5.41, 5.74) is 3.16. The minimum Gasteiger partial charge on any atom is -0.496 e. The second-order valence-electron chi connectivity index (χ2n) is 4.63. The number of hydrogen-bond donors (Lipinski definition) is 2. The number of ether oxygens (including phenoxy) is 1. The van der Waals surface area contributed by atoms with Gasteiger partial charge in [0.15, 0.2) is 0 Å². The summed E-state index contributed by atoms with van der Waals surface area (Å²) in [4.78, 5) is 10.5. The van der Waals surface area contributed by atoms with Crippen LogP contribution in [0.15, 0.2) is 12.1 Å². The van der Waals surface area contributed by atoms with Crippen LogP contribution in [-0.4, -0.2) is 24.7 Å². The molecule has 0 spiro atoms. The minimum absolute atomic E-state index is 0.114. The van der Waals surface area contributed by atoms with Gasteiger partial charge in [0.1, 0.15) is 5.75 Å². The normalized spacial score (nSPS) is 10.5. The van der Waals surface area contributed by atoms with Crippen LogP contribution in [-0.2, 0) is 4.79 Å². The summed E-state index contributed by atoms with van der Waals surface area (Å²) in [6.45, 7) is 6.62. The molecule has 0 heterocycles. The van der Waals surface area contributed by atoms with Gasteiger partial charge in [-0.25, -0.2) is 0 Å². The number of carboxylic acid groups (broad SMARTS) is 1. The third-order valence-electron chi connectivity index (χ3n) is 2.85. The Kier molecular flexibility index (Phi) is 5.01. The van der Waals surface area contributed by atoms with Gasteiger partial charge >= 0.3 is 5.97 Å². The largest absolute Gasteiger partial charge is 0.496 e. The van der Waals surface area contributed by atoms with Gasteiger partial charge < -0.3 is 15.2 Å². The molecule has 0 amide bonds. The molecule has 0 radical (unpaired) electrons. The third kappa shape index (κ3) is 3.65. The summed E-state index contributed by atoms with van der Waals surface area (Å²) in [5, 5.41) is 11.8. The van der Waals surface area contributed by atoms with Crippen LogP contribution < -0.4 is 10.1 Å². The van der Waals surface area contributed by atoms with Crippen molar-refractivity contribution in [2.75, 3.05) is 19.0 Å². The molecule has 0 atom stereocenters. The van der Waals surface area contributed by atoms with Crippen LogP contribution in [0.5, 0.6) is 5.75 Å². The van der Waals surface area contributed by atoms with Crippen LogP contribution >= 0.6 is 0 Å². The predicted octanol–water partition coefficient (Wildman–Crippen LogP) is 3.01. The maximum atomic E-state index is 10.5. The van der Waals surface area contributed by atoms with Crippen LogP contribution in [0.1, 0.15) is 37.3 Å². The van der Waals surface area contributed by atoms with E-state index in [9.17, 15) is 4.79 Å². The molecule has 100 valence electrons. The average Bonchev–Trinajstić information content (AvgIpc) is 2.29. The van der Waals surface area contributed by atoms with E-state index in [1.165, 1.54) is 0 Å². The van der Waals surface area contributed by atoms with Crippen molar-refractivity contribution in [3.63, 3.8) is 0 Å². The fourth-order valence-corrected chi connectivity index (χ4v) is 1.82. The third-order valence-corrected chi connectivity index (χ3v) is 2.85. The number of anilines is 1. The number of aryl methyl sites for hydroxylation is 1. The molecule has 18 heavy (non-hydrogen) atoms. The van der Waals surface area contributed by atoms with Crippen molar-refractivity contribution in [3.8, 4) is 5.75 Å². The van der Waals surface area contributed by atoms with Gasteiger partial charge in [0, 0.05) is 12.2 Å². The van der Waals surface area contributed by atoms with E-state index in [0.717, 1.165) is 22.6 Å². The van der Waals surface area contributed by atoms with Gasteiger partial charge in [0.2, 0.25) is 0 Å².